The monoisotopic (exact) mass is 332 g/mol. The maximum atomic E-state index is 12.3. The third kappa shape index (κ3) is 3.62. The van der Waals surface area contributed by atoms with Gasteiger partial charge < -0.3 is 10.1 Å². The molecule has 1 N–H and O–H groups in total. The highest BCUT2D eigenvalue weighted by molar-refractivity contribution is 5.76. The standard InChI is InChI=1S/C18H28N4O2/c1-4-5-7-18(20-21-18)8-6-16(23)19-14-13-15(17(14,2)3)22-9-11-24-12-10-22/h1,14-15H,5-13H2,2-3H3,(H,19,23). The van der Waals surface area contributed by atoms with E-state index in [0.717, 1.165) is 39.1 Å². The number of carbonyl (C=O) groups excluding carboxylic acids is 1. The van der Waals surface area contributed by atoms with Gasteiger partial charge in [-0.05, 0) is 6.42 Å². The number of hydrogen-bond acceptors (Lipinski definition) is 5. The molecular formula is C18H28N4O2. The molecule has 0 bridgehead atoms. The van der Waals surface area contributed by atoms with E-state index in [2.05, 4.69) is 40.2 Å². The quantitative estimate of drug-likeness (QED) is 0.725. The first-order valence-electron chi connectivity index (χ1n) is 8.95. The molecule has 1 amide bonds. The van der Waals surface area contributed by atoms with Crippen LogP contribution in [0.5, 0.6) is 0 Å². The average Bonchev–Trinajstić information content (AvgIpc) is 3.36. The van der Waals surface area contributed by atoms with Gasteiger partial charge in [-0.25, -0.2) is 0 Å². The summed E-state index contributed by atoms with van der Waals surface area (Å²) < 4.78 is 5.43. The molecule has 0 aromatic carbocycles. The molecule has 2 heterocycles. The molecule has 132 valence electrons. The molecule has 3 aliphatic rings. The van der Waals surface area contributed by atoms with E-state index in [1.54, 1.807) is 0 Å². The highest BCUT2D eigenvalue weighted by Crippen LogP contribution is 2.44. The van der Waals surface area contributed by atoms with E-state index in [1.807, 2.05) is 0 Å². The lowest BCUT2D eigenvalue weighted by Gasteiger charge is -2.57. The van der Waals surface area contributed by atoms with Crippen molar-refractivity contribution in [2.24, 2.45) is 15.6 Å². The van der Waals surface area contributed by atoms with Crippen LogP contribution >= 0.6 is 0 Å². The Hall–Kier alpha value is -1.45. The zero-order valence-electron chi connectivity index (χ0n) is 14.8. The van der Waals surface area contributed by atoms with E-state index in [1.165, 1.54) is 0 Å². The normalized spacial score (nSPS) is 30.2. The second kappa shape index (κ2) is 6.81. The number of amides is 1. The zero-order chi connectivity index (χ0) is 17.2. The van der Waals surface area contributed by atoms with Gasteiger partial charge in [-0.15, -0.1) is 12.3 Å². The van der Waals surface area contributed by atoms with Crippen LogP contribution in [0.4, 0.5) is 0 Å². The van der Waals surface area contributed by atoms with Crippen LogP contribution in [-0.2, 0) is 9.53 Å². The lowest BCUT2D eigenvalue weighted by Crippen LogP contribution is -2.67. The molecule has 1 saturated heterocycles. The third-order valence-electron chi connectivity index (χ3n) is 5.84. The van der Waals surface area contributed by atoms with E-state index in [-0.39, 0.29) is 23.0 Å². The fourth-order valence-corrected chi connectivity index (χ4v) is 3.90. The molecular weight excluding hydrogens is 304 g/mol. The Morgan fingerprint density at radius 2 is 2.04 bits per heavy atom. The summed E-state index contributed by atoms with van der Waals surface area (Å²) in [6.07, 6.45) is 8.86. The molecule has 0 aromatic heterocycles. The molecule has 1 aliphatic carbocycles. The molecule has 2 fully saturated rings. The number of ether oxygens (including phenoxy) is 1. The topological polar surface area (TPSA) is 66.3 Å². The van der Waals surface area contributed by atoms with Crippen LogP contribution in [-0.4, -0.2) is 54.9 Å². The Bertz CT molecular complexity index is 540. The van der Waals surface area contributed by atoms with Crippen molar-refractivity contribution in [3.05, 3.63) is 0 Å². The third-order valence-corrected chi connectivity index (χ3v) is 5.84. The molecule has 0 radical (unpaired) electrons. The van der Waals surface area contributed by atoms with Crippen molar-refractivity contribution in [3.8, 4) is 12.3 Å². The van der Waals surface area contributed by atoms with E-state index in [9.17, 15) is 4.79 Å². The van der Waals surface area contributed by atoms with Crippen molar-refractivity contribution in [2.45, 2.75) is 63.7 Å². The van der Waals surface area contributed by atoms with E-state index in [0.29, 0.717) is 25.3 Å². The highest BCUT2D eigenvalue weighted by Gasteiger charge is 2.51. The van der Waals surface area contributed by atoms with Crippen LogP contribution in [0.1, 0.15) is 46.0 Å². The Morgan fingerprint density at radius 1 is 1.33 bits per heavy atom. The SMILES string of the molecule is C#CCCC1(CCC(=O)NC2CC(N3CCOCC3)C2(C)C)N=N1. The van der Waals surface area contributed by atoms with Crippen molar-refractivity contribution in [3.63, 3.8) is 0 Å². The minimum absolute atomic E-state index is 0.0997. The second-order valence-electron chi connectivity index (χ2n) is 7.73. The molecule has 1 saturated carbocycles. The van der Waals surface area contributed by atoms with Gasteiger partial charge in [-0.3, -0.25) is 9.69 Å². The summed E-state index contributed by atoms with van der Waals surface area (Å²) in [4.78, 5) is 14.8. The summed E-state index contributed by atoms with van der Waals surface area (Å²) in [6, 6.07) is 0.773. The molecule has 0 spiro atoms. The molecule has 6 nitrogen and oxygen atoms in total. The number of nitrogens with zero attached hydrogens (tertiary/aromatic N) is 3. The van der Waals surface area contributed by atoms with Crippen molar-refractivity contribution < 1.29 is 9.53 Å². The summed E-state index contributed by atoms with van der Waals surface area (Å²) >= 11 is 0. The number of morpholine rings is 1. The predicted octanol–water partition coefficient (Wildman–Crippen LogP) is 1.96. The van der Waals surface area contributed by atoms with Crippen molar-refractivity contribution >= 4 is 5.91 Å². The minimum atomic E-state index is -0.366. The predicted molar refractivity (Wildman–Crippen MR) is 91.4 cm³/mol. The lowest BCUT2D eigenvalue weighted by atomic mass is 9.62. The maximum Gasteiger partial charge on any atom is 0.220 e. The van der Waals surface area contributed by atoms with Gasteiger partial charge in [0.25, 0.3) is 0 Å². The van der Waals surface area contributed by atoms with Crippen molar-refractivity contribution in [1.82, 2.24) is 10.2 Å². The fraction of sp³-hybridized carbons (Fsp3) is 0.833. The second-order valence-corrected chi connectivity index (χ2v) is 7.73. The summed E-state index contributed by atoms with van der Waals surface area (Å²) in [5.41, 5.74) is -0.266. The number of nitrogens with one attached hydrogen (secondary N) is 1. The van der Waals surface area contributed by atoms with Crippen LogP contribution in [0.2, 0.25) is 0 Å². The summed E-state index contributed by atoms with van der Waals surface area (Å²) in [7, 11) is 0. The van der Waals surface area contributed by atoms with Crippen LogP contribution in [0, 0.1) is 17.8 Å². The zero-order valence-corrected chi connectivity index (χ0v) is 14.8. The van der Waals surface area contributed by atoms with Gasteiger partial charge in [0.05, 0.1) is 13.2 Å². The summed E-state index contributed by atoms with van der Waals surface area (Å²) in [5, 5.41) is 11.4. The van der Waals surface area contributed by atoms with Gasteiger partial charge in [0.15, 0.2) is 5.66 Å². The molecule has 2 aliphatic heterocycles. The first kappa shape index (κ1) is 17.4. The van der Waals surface area contributed by atoms with Crippen LogP contribution in [0.3, 0.4) is 0 Å². The van der Waals surface area contributed by atoms with Crippen LogP contribution in [0.25, 0.3) is 0 Å². The number of hydrogen-bond donors (Lipinski definition) is 1. The minimum Gasteiger partial charge on any atom is -0.379 e. The fourth-order valence-electron chi connectivity index (χ4n) is 3.90. The van der Waals surface area contributed by atoms with Gasteiger partial charge in [-0.2, -0.15) is 10.2 Å². The Labute approximate surface area is 144 Å². The van der Waals surface area contributed by atoms with E-state index >= 15 is 0 Å². The summed E-state index contributed by atoms with van der Waals surface area (Å²) in [6.45, 7) is 8.13. The van der Waals surface area contributed by atoms with E-state index < -0.39 is 0 Å². The largest absolute Gasteiger partial charge is 0.379 e. The smallest absolute Gasteiger partial charge is 0.220 e. The first-order valence-corrected chi connectivity index (χ1v) is 8.95. The van der Waals surface area contributed by atoms with Gasteiger partial charge in [0, 0.05) is 56.3 Å². The number of terminal acetylenes is 1. The van der Waals surface area contributed by atoms with Crippen molar-refractivity contribution in [1.29, 1.82) is 0 Å². The molecule has 2 unspecified atom stereocenters. The van der Waals surface area contributed by atoms with Gasteiger partial charge in [0.2, 0.25) is 5.91 Å². The molecule has 3 rings (SSSR count). The molecule has 6 heteroatoms. The number of rotatable bonds is 7. The highest BCUT2D eigenvalue weighted by atomic mass is 16.5. The van der Waals surface area contributed by atoms with Crippen LogP contribution < -0.4 is 5.32 Å². The molecule has 24 heavy (non-hydrogen) atoms. The summed E-state index contributed by atoms with van der Waals surface area (Å²) in [5.74, 6) is 2.72. The Balaban J connectivity index is 1.42. The first-order chi connectivity index (χ1) is 11.5. The Kier molecular flexibility index (Phi) is 4.93. The molecule has 0 aromatic rings. The Morgan fingerprint density at radius 3 is 2.62 bits per heavy atom. The number of carbonyl (C=O) groups is 1. The maximum absolute atomic E-state index is 12.3. The van der Waals surface area contributed by atoms with Crippen LogP contribution in [0.15, 0.2) is 10.2 Å². The van der Waals surface area contributed by atoms with Gasteiger partial charge in [0.1, 0.15) is 0 Å². The lowest BCUT2D eigenvalue weighted by molar-refractivity contribution is -0.128. The van der Waals surface area contributed by atoms with Gasteiger partial charge >= 0.3 is 0 Å². The van der Waals surface area contributed by atoms with Crippen molar-refractivity contribution in [2.75, 3.05) is 26.3 Å². The van der Waals surface area contributed by atoms with E-state index in [4.69, 9.17) is 11.2 Å². The average molecular weight is 332 g/mol. The molecule has 2 atom stereocenters. The van der Waals surface area contributed by atoms with Gasteiger partial charge in [-0.1, -0.05) is 13.8 Å².